The molecule has 0 amide bonds. The number of fused-ring (bicyclic) bond motifs is 1. The van der Waals surface area contributed by atoms with Crippen LogP contribution >= 0.6 is 0 Å². The molecule has 0 saturated heterocycles. The highest BCUT2D eigenvalue weighted by Gasteiger charge is 2.15. The number of rotatable bonds is 2. The predicted octanol–water partition coefficient (Wildman–Crippen LogP) is 3.17. The lowest BCUT2D eigenvalue weighted by Gasteiger charge is -1.99. The molecule has 0 bridgehead atoms. The minimum absolute atomic E-state index is 0.441. The van der Waals surface area contributed by atoms with E-state index in [0.717, 1.165) is 11.3 Å². The maximum absolute atomic E-state index is 5.50. The van der Waals surface area contributed by atoms with E-state index >= 15 is 0 Å². The number of nitrogens with zero attached hydrogens (tertiary/aromatic N) is 2. The first kappa shape index (κ1) is 9.31. The van der Waals surface area contributed by atoms with Crippen LogP contribution in [0.1, 0.15) is 50.8 Å². The van der Waals surface area contributed by atoms with Gasteiger partial charge in [0.15, 0.2) is 5.65 Å². The molecule has 2 aromatic heterocycles. The first-order valence-electron chi connectivity index (χ1n) is 5.06. The van der Waals surface area contributed by atoms with Gasteiger partial charge in [0.2, 0.25) is 0 Å². The van der Waals surface area contributed by atoms with E-state index in [-0.39, 0.29) is 0 Å². The van der Waals surface area contributed by atoms with Gasteiger partial charge in [-0.15, -0.1) is 0 Å². The Morgan fingerprint density at radius 1 is 1.21 bits per heavy atom. The van der Waals surface area contributed by atoms with Crippen molar-refractivity contribution in [2.75, 3.05) is 0 Å². The van der Waals surface area contributed by atoms with Crippen molar-refractivity contribution >= 4 is 5.65 Å². The topological polar surface area (TPSA) is 30.4 Å². The van der Waals surface area contributed by atoms with Gasteiger partial charge in [-0.3, -0.25) is 0 Å². The Kier molecular flexibility index (Phi) is 2.10. The highest BCUT2D eigenvalue weighted by atomic mass is 16.5. The Labute approximate surface area is 83.7 Å². The van der Waals surface area contributed by atoms with Crippen molar-refractivity contribution in [1.82, 2.24) is 9.56 Å². The minimum Gasteiger partial charge on any atom is -0.381 e. The van der Waals surface area contributed by atoms with Crippen molar-refractivity contribution in [3.63, 3.8) is 0 Å². The second-order valence-corrected chi connectivity index (χ2v) is 4.29. The normalized spacial score (nSPS) is 12.1. The van der Waals surface area contributed by atoms with Crippen molar-refractivity contribution in [3.8, 4) is 0 Å². The van der Waals surface area contributed by atoms with Crippen LogP contribution in [0.3, 0.4) is 0 Å². The molecule has 2 aromatic rings. The molecule has 0 aliphatic rings. The average molecular weight is 192 g/mol. The Morgan fingerprint density at radius 3 is 2.50 bits per heavy atom. The Bertz CT molecular complexity index is 395. The van der Waals surface area contributed by atoms with Crippen molar-refractivity contribution in [1.29, 1.82) is 0 Å². The number of imidazole rings is 1. The molecule has 3 heteroatoms. The van der Waals surface area contributed by atoms with E-state index in [2.05, 4.69) is 32.7 Å². The average Bonchev–Trinajstić information content (AvgIpc) is 2.59. The van der Waals surface area contributed by atoms with Crippen molar-refractivity contribution in [3.05, 3.63) is 23.7 Å². The molecule has 2 rings (SSSR count). The molecular formula is C11H16N2O. The zero-order valence-corrected chi connectivity index (χ0v) is 9.11. The predicted molar refractivity (Wildman–Crippen MR) is 55.6 cm³/mol. The van der Waals surface area contributed by atoms with Gasteiger partial charge in [0.1, 0.15) is 6.26 Å². The number of hydrogen-bond donors (Lipinski definition) is 0. The van der Waals surface area contributed by atoms with Gasteiger partial charge in [-0.25, -0.2) is 4.98 Å². The van der Waals surface area contributed by atoms with Crippen LogP contribution in [0.2, 0.25) is 0 Å². The van der Waals surface area contributed by atoms with E-state index < -0.39 is 0 Å². The highest BCUT2D eigenvalue weighted by Crippen LogP contribution is 2.24. The van der Waals surface area contributed by atoms with E-state index in [4.69, 9.17) is 4.52 Å². The molecule has 0 spiro atoms. The fourth-order valence-corrected chi connectivity index (χ4v) is 1.60. The van der Waals surface area contributed by atoms with E-state index in [9.17, 15) is 0 Å². The molecule has 0 aromatic carbocycles. The second-order valence-electron chi connectivity index (χ2n) is 4.29. The van der Waals surface area contributed by atoms with Crippen LogP contribution in [0.25, 0.3) is 5.65 Å². The summed E-state index contributed by atoms with van der Waals surface area (Å²) in [4.78, 5) is 4.39. The van der Waals surface area contributed by atoms with Gasteiger partial charge in [-0.05, 0) is 11.8 Å². The molecule has 2 heterocycles. The third kappa shape index (κ3) is 1.24. The van der Waals surface area contributed by atoms with Crippen LogP contribution in [0, 0.1) is 0 Å². The van der Waals surface area contributed by atoms with Gasteiger partial charge in [0.25, 0.3) is 0 Å². The van der Waals surface area contributed by atoms with Gasteiger partial charge in [0.05, 0.1) is 11.9 Å². The molecule has 0 atom stereocenters. The second kappa shape index (κ2) is 3.15. The summed E-state index contributed by atoms with van der Waals surface area (Å²) in [6.07, 6.45) is 3.70. The Morgan fingerprint density at radius 2 is 1.93 bits per heavy atom. The lowest BCUT2D eigenvalue weighted by molar-refractivity contribution is 0.360. The summed E-state index contributed by atoms with van der Waals surface area (Å²) in [5.41, 5.74) is 3.27. The monoisotopic (exact) mass is 192 g/mol. The van der Waals surface area contributed by atoms with Gasteiger partial charge in [0, 0.05) is 5.56 Å². The molecule has 0 saturated carbocycles. The number of aromatic nitrogens is 2. The van der Waals surface area contributed by atoms with E-state index in [1.165, 1.54) is 5.56 Å². The van der Waals surface area contributed by atoms with Crippen molar-refractivity contribution < 1.29 is 4.52 Å². The quantitative estimate of drug-likeness (QED) is 0.731. The lowest BCUT2D eigenvalue weighted by Crippen LogP contribution is -1.91. The van der Waals surface area contributed by atoms with Crippen LogP contribution in [0.5, 0.6) is 0 Å². The molecule has 0 aliphatic carbocycles. The summed E-state index contributed by atoms with van der Waals surface area (Å²) >= 11 is 0. The fourth-order valence-electron chi connectivity index (χ4n) is 1.60. The van der Waals surface area contributed by atoms with E-state index in [0.29, 0.717) is 11.8 Å². The van der Waals surface area contributed by atoms with Gasteiger partial charge >= 0.3 is 0 Å². The fraction of sp³-hybridized carbons (Fsp3) is 0.545. The minimum atomic E-state index is 0.441. The van der Waals surface area contributed by atoms with Crippen LogP contribution in [-0.4, -0.2) is 9.56 Å². The van der Waals surface area contributed by atoms with Gasteiger partial charge < -0.3 is 4.52 Å². The van der Waals surface area contributed by atoms with Crippen LogP contribution in [-0.2, 0) is 0 Å². The van der Waals surface area contributed by atoms with Crippen molar-refractivity contribution in [2.45, 2.75) is 39.5 Å². The SMILES string of the molecule is CC(C)c1con2c(C(C)C)cnc12. The van der Waals surface area contributed by atoms with Crippen LogP contribution < -0.4 is 0 Å². The van der Waals surface area contributed by atoms with Crippen LogP contribution in [0.15, 0.2) is 17.0 Å². The zero-order valence-electron chi connectivity index (χ0n) is 9.11. The number of hydrogen-bond acceptors (Lipinski definition) is 2. The summed E-state index contributed by atoms with van der Waals surface area (Å²) < 4.78 is 7.33. The third-order valence-electron chi connectivity index (χ3n) is 2.50. The molecule has 76 valence electrons. The third-order valence-corrected chi connectivity index (χ3v) is 2.50. The van der Waals surface area contributed by atoms with Gasteiger partial charge in [-0.1, -0.05) is 27.7 Å². The van der Waals surface area contributed by atoms with Crippen molar-refractivity contribution in [2.24, 2.45) is 0 Å². The first-order valence-corrected chi connectivity index (χ1v) is 5.06. The van der Waals surface area contributed by atoms with E-state index in [1.54, 1.807) is 6.26 Å². The molecular weight excluding hydrogens is 176 g/mol. The molecule has 0 radical (unpaired) electrons. The summed E-state index contributed by atoms with van der Waals surface area (Å²) in [7, 11) is 0. The smallest absolute Gasteiger partial charge is 0.175 e. The Balaban J connectivity index is 2.61. The standard InChI is InChI=1S/C11H16N2O/c1-7(2)9-6-14-13-10(8(3)4)5-12-11(9)13/h5-8H,1-4H3. The maximum Gasteiger partial charge on any atom is 0.175 e. The largest absolute Gasteiger partial charge is 0.381 e. The summed E-state index contributed by atoms with van der Waals surface area (Å²) in [6.45, 7) is 8.57. The molecule has 0 unspecified atom stereocenters. The molecule has 0 fully saturated rings. The summed E-state index contributed by atoms with van der Waals surface area (Å²) in [5.74, 6) is 0.898. The summed E-state index contributed by atoms with van der Waals surface area (Å²) in [6, 6.07) is 0. The highest BCUT2D eigenvalue weighted by molar-refractivity contribution is 5.48. The Hall–Kier alpha value is -1.25. The van der Waals surface area contributed by atoms with E-state index in [1.807, 2.05) is 10.8 Å². The first-order chi connectivity index (χ1) is 6.61. The lowest BCUT2D eigenvalue weighted by atomic mass is 10.1. The molecule has 0 N–H and O–H groups in total. The molecule has 14 heavy (non-hydrogen) atoms. The maximum atomic E-state index is 5.50. The molecule has 0 aliphatic heterocycles. The molecule has 3 nitrogen and oxygen atoms in total. The van der Waals surface area contributed by atoms with Crippen LogP contribution in [0.4, 0.5) is 0 Å². The zero-order chi connectivity index (χ0) is 10.3. The van der Waals surface area contributed by atoms with Gasteiger partial charge in [-0.2, -0.15) is 4.57 Å². The summed E-state index contributed by atoms with van der Waals surface area (Å²) in [5, 5.41) is 0.